The lowest BCUT2D eigenvalue weighted by molar-refractivity contribution is 0.201. The van der Waals surface area contributed by atoms with Crippen LogP contribution in [-0.2, 0) is 0 Å². The van der Waals surface area contributed by atoms with Crippen molar-refractivity contribution in [3.63, 3.8) is 0 Å². The van der Waals surface area contributed by atoms with Crippen LogP contribution in [0.3, 0.4) is 0 Å². The molecule has 0 bridgehead atoms. The molecule has 1 heterocycles. The summed E-state index contributed by atoms with van der Waals surface area (Å²) in [6.07, 6.45) is 4.82. The molecule has 3 heteroatoms. The molecule has 0 spiro atoms. The van der Waals surface area contributed by atoms with Gasteiger partial charge in [-0.3, -0.25) is 4.90 Å². The number of unbranched alkanes of at least 4 members (excludes halogenated alkanes) is 2. The number of para-hydroxylation sites is 1. The summed E-state index contributed by atoms with van der Waals surface area (Å²) in [5.74, 6) is 0. The van der Waals surface area contributed by atoms with Gasteiger partial charge >= 0.3 is 6.03 Å². The van der Waals surface area contributed by atoms with Crippen LogP contribution in [0.15, 0.2) is 30.3 Å². The second kappa shape index (κ2) is 6.60. The normalized spacial score (nSPS) is 17.1. The topological polar surface area (TPSA) is 23.6 Å². The van der Waals surface area contributed by atoms with Crippen molar-refractivity contribution in [2.24, 2.45) is 0 Å². The predicted octanol–water partition coefficient (Wildman–Crippen LogP) is 3.90. The summed E-state index contributed by atoms with van der Waals surface area (Å²) in [5, 5.41) is 0. The van der Waals surface area contributed by atoms with Gasteiger partial charge in [-0.2, -0.15) is 0 Å². The summed E-state index contributed by atoms with van der Waals surface area (Å²) in [7, 11) is 0. The van der Waals surface area contributed by atoms with E-state index in [2.05, 4.69) is 13.8 Å². The Bertz CT molecular complexity index is 404. The monoisotopic (exact) mass is 260 g/mol. The number of nitrogens with zero attached hydrogens (tertiary/aromatic N) is 2. The number of rotatable bonds is 6. The zero-order chi connectivity index (χ0) is 13.7. The van der Waals surface area contributed by atoms with Gasteiger partial charge in [-0.1, -0.05) is 44.4 Å². The fourth-order valence-electron chi connectivity index (χ4n) is 2.66. The minimum absolute atomic E-state index is 0.162. The molecule has 3 nitrogen and oxygen atoms in total. The molecule has 2 amide bonds. The lowest BCUT2D eigenvalue weighted by Crippen LogP contribution is -2.37. The Labute approximate surface area is 116 Å². The Balaban J connectivity index is 1.94. The Morgan fingerprint density at radius 1 is 1.16 bits per heavy atom. The Hall–Kier alpha value is -1.51. The summed E-state index contributed by atoms with van der Waals surface area (Å²) in [4.78, 5) is 16.3. The van der Waals surface area contributed by atoms with Gasteiger partial charge in [0.15, 0.2) is 0 Å². The molecule has 1 atom stereocenters. The van der Waals surface area contributed by atoms with Crippen molar-refractivity contribution in [2.75, 3.05) is 18.0 Å². The Kier molecular flexibility index (Phi) is 4.83. The number of anilines is 1. The van der Waals surface area contributed by atoms with E-state index in [1.54, 1.807) is 0 Å². The van der Waals surface area contributed by atoms with Gasteiger partial charge in [-0.05, 0) is 25.5 Å². The summed E-state index contributed by atoms with van der Waals surface area (Å²) >= 11 is 0. The van der Waals surface area contributed by atoms with Crippen molar-refractivity contribution in [1.82, 2.24) is 4.90 Å². The van der Waals surface area contributed by atoms with Gasteiger partial charge in [-0.25, -0.2) is 4.79 Å². The van der Waals surface area contributed by atoms with E-state index in [4.69, 9.17) is 0 Å². The van der Waals surface area contributed by atoms with E-state index < -0.39 is 0 Å². The first-order valence-corrected chi connectivity index (χ1v) is 7.37. The zero-order valence-electron chi connectivity index (χ0n) is 12.0. The highest BCUT2D eigenvalue weighted by atomic mass is 16.2. The van der Waals surface area contributed by atoms with Crippen LogP contribution < -0.4 is 4.90 Å². The first-order chi connectivity index (χ1) is 9.24. The van der Waals surface area contributed by atoms with E-state index >= 15 is 0 Å². The second-order valence-corrected chi connectivity index (χ2v) is 5.31. The van der Waals surface area contributed by atoms with Crippen LogP contribution in [0.4, 0.5) is 10.5 Å². The average molecular weight is 260 g/mol. The smallest absolute Gasteiger partial charge is 0.320 e. The Morgan fingerprint density at radius 3 is 2.58 bits per heavy atom. The molecular weight excluding hydrogens is 236 g/mol. The summed E-state index contributed by atoms with van der Waals surface area (Å²) in [6.45, 7) is 6.03. The number of benzene rings is 1. The highest BCUT2D eigenvalue weighted by molar-refractivity contribution is 5.94. The summed E-state index contributed by atoms with van der Waals surface area (Å²) in [6, 6.07) is 10.5. The molecule has 1 saturated heterocycles. The molecule has 1 aromatic carbocycles. The lowest BCUT2D eigenvalue weighted by atomic mass is 10.1. The molecule has 0 aromatic heterocycles. The van der Waals surface area contributed by atoms with Gasteiger partial charge in [0, 0.05) is 24.8 Å². The van der Waals surface area contributed by atoms with Crippen LogP contribution in [0.2, 0.25) is 0 Å². The molecule has 1 aliphatic rings. The fraction of sp³-hybridized carbons (Fsp3) is 0.562. The second-order valence-electron chi connectivity index (χ2n) is 5.31. The minimum Gasteiger partial charge on any atom is -0.320 e. The van der Waals surface area contributed by atoms with Gasteiger partial charge in [0.05, 0.1) is 0 Å². The van der Waals surface area contributed by atoms with Gasteiger partial charge in [0.2, 0.25) is 0 Å². The molecule has 0 saturated carbocycles. The fourth-order valence-corrected chi connectivity index (χ4v) is 2.66. The van der Waals surface area contributed by atoms with Crippen molar-refractivity contribution < 1.29 is 4.79 Å². The number of carbonyl (C=O) groups excluding carboxylic acids is 1. The molecule has 0 radical (unpaired) electrons. The number of hydrogen-bond acceptors (Lipinski definition) is 1. The molecule has 0 N–H and O–H groups in total. The van der Waals surface area contributed by atoms with Crippen molar-refractivity contribution in [3.05, 3.63) is 30.3 Å². The first kappa shape index (κ1) is 13.9. The summed E-state index contributed by atoms with van der Waals surface area (Å²) in [5.41, 5.74) is 1.01. The standard InChI is InChI=1S/C16H24N2O/c1-3-4-6-9-14(2)17-12-13-18(16(17)19)15-10-7-5-8-11-15/h5,7-8,10-11,14H,3-4,6,9,12-13H2,1-2H3. The highest BCUT2D eigenvalue weighted by Gasteiger charge is 2.32. The molecule has 19 heavy (non-hydrogen) atoms. The Morgan fingerprint density at radius 2 is 1.89 bits per heavy atom. The van der Waals surface area contributed by atoms with E-state index in [0.29, 0.717) is 6.04 Å². The van der Waals surface area contributed by atoms with Gasteiger partial charge < -0.3 is 4.90 Å². The maximum Gasteiger partial charge on any atom is 0.324 e. The minimum atomic E-state index is 0.162. The molecule has 0 aliphatic carbocycles. The molecule has 2 rings (SSSR count). The van der Waals surface area contributed by atoms with Crippen LogP contribution in [-0.4, -0.2) is 30.1 Å². The molecular formula is C16H24N2O. The van der Waals surface area contributed by atoms with Crippen LogP contribution in [0, 0.1) is 0 Å². The molecule has 1 aliphatic heterocycles. The third-order valence-corrected chi connectivity index (χ3v) is 3.87. The van der Waals surface area contributed by atoms with Gasteiger partial charge in [-0.15, -0.1) is 0 Å². The summed E-state index contributed by atoms with van der Waals surface area (Å²) < 4.78 is 0. The largest absolute Gasteiger partial charge is 0.324 e. The van der Waals surface area contributed by atoms with E-state index in [-0.39, 0.29) is 6.03 Å². The van der Waals surface area contributed by atoms with Crippen LogP contribution in [0.5, 0.6) is 0 Å². The van der Waals surface area contributed by atoms with E-state index in [1.807, 2.05) is 40.1 Å². The van der Waals surface area contributed by atoms with Crippen LogP contribution in [0.1, 0.15) is 39.5 Å². The quantitative estimate of drug-likeness (QED) is 0.712. The maximum atomic E-state index is 12.4. The number of carbonyl (C=O) groups is 1. The number of urea groups is 1. The highest BCUT2D eigenvalue weighted by Crippen LogP contribution is 2.22. The lowest BCUT2D eigenvalue weighted by Gasteiger charge is -2.24. The maximum absolute atomic E-state index is 12.4. The molecule has 1 fully saturated rings. The predicted molar refractivity (Wildman–Crippen MR) is 79.5 cm³/mol. The number of amides is 2. The van der Waals surface area contributed by atoms with E-state index in [1.165, 1.54) is 19.3 Å². The van der Waals surface area contributed by atoms with Crippen LogP contribution in [0.25, 0.3) is 0 Å². The molecule has 1 aromatic rings. The molecule has 104 valence electrons. The van der Waals surface area contributed by atoms with E-state index in [0.717, 1.165) is 25.2 Å². The van der Waals surface area contributed by atoms with Crippen molar-refractivity contribution in [3.8, 4) is 0 Å². The first-order valence-electron chi connectivity index (χ1n) is 7.37. The average Bonchev–Trinajstić information content (AvgIpc) is 2.82. The third kappa shape index (κ3) is 3.28. The number of hydrogen-bond donors (Lipinski definition) is 0. The van der Waals surface area contributed by atoms with Crippen LogP contribution >= 0.6 is 0 Å². The molecule has 1 unspecified atom stereocenters. The van der Waals surface area contributed by atoms with Gasteiger partial charge in [0.1, 0.15) is 0 Å². The van der Waals surface area contributed by atoms with E-state index in [9.17, 15) is 4.79 Å². The third-order valence-electron chi connectivity index (χ3n) is 3.87. The SMILES string of the molecule is CCCCCC(C)N1CCN(c2ccccc2)C1=O. The zero-order valence-corrected chi connectivity index (χ0v) is 12.0. The van der Waals surface area contributed by atoms with Crippen molar-refractivity contribution in [2.45, 2.75) is 45.6 Å². The van der Waals surface area contributed by atoms with Crippen molar-refractivity contribution in [1.29, 1.82) is 0 Å². The van der Waals surface area contributed by atoms with Gasteiger partial charge in [0.25, 0.3) is 0 Å². The van der Waals surface area contributed by atoms with Crippen molar-refractivity contribution >= 4 is 11.7 Å².